The molecule has 5 aliphatic rings. The smallest absolute Gasteiger partial charge is 0.328 e. The van der Waals surface area contributed by atoms with Crippen LogP contribution in [0.3, 0.4) is 0 Å². The number of benzene rings is 2. The highest BCUT2D eigenvalue weighted by Crippen LogP contribution is 2.37. The molecule has 5 fully saturated rings. The number of nitrogens with one attached hydrogen (secondary N) is 1. The number of imide groups is 1. The van der Waals surface area contributed by atoms with E-state index in [1.165, 1.54) is 11.3 Å². The SMILES string of the molecule is Cc1cn(C2CCN(C)CC2)c2ncc(N3CCC(=O)NC3=O)cc12.NC(N)=C(/C=C(\N)c1ccccc1O)N1CC2CCC(C1)N2c1cccc(CN2CCN(C=O)CC2)c1. The van der Waals surface area contributed by atoms with Crippen molar-refractivity contribution < 1.29 is 19.5 Å². The Morgan fingerprint density at radius 2 is 1.60 bits per heavy atom. The molecule has 16 nitrogen and oxygen atoms in total. The molecular weight excluding hydrogens is 785 g/mol. The highest BCUT2D eigenvalue weighted by molar-refractivity contribution is 6.06. The van der Waals surface area contributed by atoms with E-state index in [0.29, 0.717) is 48.0 Å². The van der Waals surface area contributed by atoms with Gasteiger partial charge in [0.1, 0.15) is 17.2 Å². The number of piperidine rings is 1. The molecule has 7 heterocycles. The van der Waals surface area contributed by atoms with Crippen LogP contribution < -0.4 is 32.3 Å². The van der Waals surface area contributed by atoms with Crippen molar-refractivity contribution in [2.24, 2.45) is 17.2 Å². The van der Waals surface area contributed by atoms with Crippen LogP contribution in [0.1, 0.15) is 54.8 Å². The number of piperazine rings is 2. The number of urea groups is 1. The molecule has 328 valence electrons. The Hall–Kier alpha value is -6.26. The summed E-state index contributed by atoms with van der Waals surface area (Å²) in [6, 6.07) is 18.7. The Morgan fingerprint density at radius 1 is 0.871 bits per heavy atom. The summed E-state index contributed by atoms with van der Waals surface area (Å²) in [5, 5.41) is 13.6. The molecule has 62 heavy (non-hydrogen) atoms. The van der Waals surface area contributed by atoms with Gasteiger partial charge < -0.3 is 46.5 Å². The Labute approximate surface area is 363 Å². The van der Waals surface area contributed by atoms with E-state index in [4.69, 9.17) is 17.2 Å². The first-order chi connectivity index (χ1) is 29.9. The van der Waals surface area contributed by atoms with Crippen molar-refractivity contribution in [2.45, 2.75) is 63.7 Å². The van der Waals surface area contributed by atoms with E-state index in [1.807, 2.05) is 17.0 Å². The van der Waals surface area contributed by atoms with Crippen LogP contribution in [0.2, 0.25) is 0 Å². The number of carbonyl (C=O) groups excluding carboxylic acids is 3. The number of hydrogen-bond donors (Lipinski definition) is 5. The zero-order valence-corrected chi connectivity index (χ0v) is 35.8. The standard InChI is InChI=1S/C28H37N7O2.C18H23N5O2/c29-25(24-6-1-2-7-27(24)37)15-26(28(30)31)34-17-22-8-9-23(18-34)35(22)21-5-3-4-20(14-21)16-32-10-12-33(19-36)13-11-32;1-12-11-23(13-3-6-21(2)7-4-13)17-15(12)9-14(10-19-17)22-8-5-16(24)20-18(22)25/h1-7,14-15,19,22-23,37H,8-13,16-18,29-31H2;9-11,13H,3-8H2,1-2H3,(H,20,24,25)/b25-15-;. The number of anilines is 2. The average Bonchev–Trinajstić information content (AvgIpc) is 3.74. The summed E-state index contributed by atoms with van der Waals surface area (Å²) in [7, 11) is 2.16. The number of pyridine rings is 1. The van der Waals surface area contributed by atoms with Crippen molar-refractivity contribution in [3.63, 3.8) is 0 Å². The molecule has 0 aliphatic carbocycles. The molecule has 9 rings (SSSR count). The summed E-state index contributed by atoms with van der Waals surface area (Å²) >= 11 is 0. The molecule has 2 aromatic carbocycles. The predicted octanol–water partition coefficient (Wildman–Crippen LogP) is 3.46. The maximum Gasteiger partial charge on any atom is 0.328 e. The maximum absolute atomic E-state index is 12.1. The van der Waals surface area contributed by atoms with Crippen LogP contribution in [0.25, 0.3) is 16.7 Å². The Morgan fingerprint density at radius 3 is 2.27 bits per heavy atom. The zero-order chi connectivity index (χ0) is 43.5. The van der Waals surface area contributed by atoms with Crippen LogP contribution in [-0.2, 0) is 16.1 Å². The van der Waals surface area contributed by atoms with Crippen molar-refractivity contribution in [1.29, 1.82) is 0 Å². The van der Waals surface area contributed by atoms with Gasteiger partial charge in [-0.05, 0) is 100 Å². The van der Waals surface area contributed by atoms with E-state index < -0.39 is 0 Å². The van der Waals surface area contributed by atoms with Crippen LogP contribution in [0.4, 0.5) is 16.2 Å². The number of para-hydroxylation sites is 1. The van der Waals surface area contributed by atoms with E-state index in [-0.39, 0.29) is 23.5 Å². The second kappa shape index (κ2) is 18.4. The molecule has 2 unspecified atom stereocenters. The Bertz CT molecular complexity index is 2330. The van der Waals surface area contributed by atoms with Gasteiger partial charge in [0.2, 0.25) is 12.3 Å². The van der Waals surface area contributed by atoms with E-state index in [9.17, 15) is 19.5 Å². The van der Waals surface area contributed by atoms with Gasteiger partial charge in [0, 0.05) is 105 Å². The fourth-order valence-corrected chi connectivity index (χ4v) is 9.71. The first-order valence-corrected chi connectivity index (χ1v) is 21.8. The number of amides is 4. The van der Waals surface area contributed by atoms with Gasteiger partial charge >= 0.3 is 6.03 Å². The molecule has 2 aromatic heterocycles. The lowest BCUT2D eigenvalue weighted by Gasteiger charge is -2.44. The minimum absolute atomic E-state index is 0.126. The van der Waals surface area contributed by atoms with E-state index >= 15 is 0 Å². The van der Waals surface area contributed by atoms with Crippen molar-refractivity contribution in [1.82, 2.24) is 34.5 Å². The molecule has 0 saturated carbocycles. The molecule has 4 amide bonds. The Kier molecular flexibility index (Phi) is 12.6. The number of carbonyl (C=O) groups is 3. The fourth-order valence-electron chi connectivity index (χ4n) is 9.71. The third-order valence-corrected chi connectivity index (χ3v) is 13.1. The largest absolute Gasteiger partial charge is 0.507 e. The second-order valence-corrected chi connectivity index (χ2v) is 17.3. The molecule has 4 aromatic rings. The first kappa shape index (κ1) is 42.4. The number of phenols is 1. The summed E-state index contributed by atoms with van der Waals surface area (Å²) < 4.78 is 2.29. The molecule has 8 N–H and O–H groups in total. The summed E-state index contributed by atoms with van der Waals surface area (Å²) in [5.74, 6) is 0.129. The molecule has 5 saturated heterocycles. The van der Waals surface area contributed by atoms with Gasteiger partial charge in [0.25, 0.3) is 0 Å². The number of nitrogens with two attached hydrogens (primary N) is 3. The fraction of sp³-hybridized carbons (Fsp3) is 0.435. The van der Waals surface area contributed by atoms with Crippen molar-refractivity contribution >= 4 is 46.5 Å². The van der Waals surface area contributed by atoms with Gasteiger partial charge in [-0.15, -0.1) is 0 Å². The molecule has 0 spiro atoms. The normalized spacial score (nSPS) is 21.5. The van der Waals surface area contributed by atoms with Crippen LogP contribution >= 0.6 is 0 Å². The number of allylic oxidation sites excluding steroid dienone is 1. The second-order valence-electron chi connectivity index (χ2n) is 17.3. The van der Waals surface area contributed by atoms with Crippen LogP contribution in [-0.4, -0.2) is 131 Å². The minimum Gasteiger partial charge on any atom is -0.507 e. The van der Waals surface area contributed by atoms with E-state index in [0.717, 1.165) is 113 Å². The van der Waals surface area contributed by atoms with Gasteiger partial charge in [-0.25, -0.2) is 9.78 Å². The summed E-state index contributed by atoms with van der Waals surface area (Å²) in [4.78, 5) is 52.1. The molecule has 2 atom stereocenters. The number of likely N-dealkylation sites (tertiary alicyclic amines) is 2. The quantitative estimate of drug-likeness (QED) is 0.122. The average molecular weight is 845 g/mol. The van der Waals surface area contributed by atoms with Crippen molar-refractivity contribution in [3.8, 4) is 5.75 Å². The number of aromatic hydroxyl groups is 1. The summed E-state index contributed by atoms with van der Waals surface area (Å²) in [5.41, 5.74) is 25.7. The van der Waals surface area contributed by atoms with Crippen molar-refractivity contribution in [2.75, 3.05) is 75.8 Å². The van der Waals surface area contributed by atoms with Gasteiger partial charge in [-0.1, -0.05) is 24.3 Å². The van der Waals surface area contributed by atoms with Gasteiger partial charge in [-0.3, -0.25) is 24.7 Å². The van der Waals surface area contributed by atoms with E-state index in [1.54, 1.807) is 35.4 Å². The highest BCUT2D eigenvalue weighted by atomic mass is 16.3. The summed E-state index contributed by atoms with van der Waals surface area (Å²) in [6.07, 6.45) is 11.4. The maximum atomic E-state index is 12.1. The topological polar surface area (TPSA) is 199 Å². The van der Waals surface area contributed by atoms with Gasteiger partial charge in [-0.2, -0.15) is 0 Å². The number of hydrogen-bond acceptors (Lipinski definition) is 12. The number of fused-ring (bicyclic) bond motifs is 3. The molecule has 5 aliphatic heterocycles. The lowest BCUT2D eigenvalue weighted by atomic mass is 10.1. The molecule has 16 heteroatoms. The number of rotatable bonds is 9. The number of aryl methyl sites for hydroxylation is 1. The van der Waals surface area contributed by atoms with Crippen LogP contribution in [0, 0.1) is 6.92 Å². The third kappa shape index (κ3) is 9.16. The van der Waals surface area contributed by atoms with Gasteiger partial charge in [0.15, 0.2) is 0 Å². The third-order valence-electron chi connectivity index (χ3n) is 13.1. The minimum atomic E-state index is -0.371. The lowest BCUT2D eigenvalue weighted by Crippen LogP contribution is -2.54. The monoisotopic (exact) mass is 844 g/mol. The first-order valence-electron chi connectivity index (χ1n) is 21.8. The van der Waals surface area contributed by atoms with E-state index in [2.05, 4.69) is 78.9 Å². The van der Waals surface area contributed by atoms with Gasteiger partial charge in [0.05, 0.1) is 17.6 Å². The lowest BCUT2D eigenvalue weighted by molar-refractivity contribution is -0.120. The zero-order valence-electron chi connectivity index (χ0n) is 35.8. The molecule has 2 bridgehead atoms. The van der Waals surface area contributed by atoms with Crippen molar-refractivity contribution in [3.05, 3.63) is 101 Å². The predicted molar refractivity (Wildman–Crippen MR) is 242 cm³/mol. The molecule has 0 radical (unpaired) electrons. The van der Waals surface area contributed by atoms with Crippen LogP contribution in [0.15, 0.2) is 84.6 Å². The van der Waals surface area contributed by atoms with Crippen LogP contribution in [0.5, 0.6) is 5.75 Å². The molecular formula is C46H60N12O4. The summed E-state index contributed by atoms with van der Waals surface area (Å²) in [6.45, 7) is 10.6. The highest BCUT2D eigenvalue weighted by Gasteiger charge is 2.41. The number of nitrogens with zero attached hydrogens (tertiary/aromatic N) is 8. The number of aromatic nitrogens is 2. The number of phenolic OH excluding ortho intramolecular Hbond substituents is 1. The Balaban J connectivity index is 0.000000184.